The van der Waals surface area contributed by atoms with Gasteiger partial charge in [-0.25, -0.2) is 4.99 Å². The summed E-state index contributed by atoms with van der Waals surface area (Å²) in [6.07, 6.45) is 1.69. The Labute approximate surface area is 212 Å². The number of thioether (sulfide) groups is 1. The molecule has 36 heavy (non-hydrogen) atoms. The number of rotatable bonds is 7. The number of ether oxygens (including phenoxy) is 2. The van der Waals surface area contributed by atoms with Crippen molar-refractivity contribution >= 4 is 46.2 Å². The monoisotopic (exact) mass is 498 g/mol. The van der Waals surface area contributed by atoms with Crippen LogP contribution in [0.1, 0.15) is 11.1 Å². The van der Waals surface area contributed by atoms with Crippen LogP contribution in [0.3, 0.4) is 0 Å². The molecular formula is C27H22N4O4S. The number of amidine groups is 1. The number of hydrogen-bond donors (Lipinski definition) is 1. The van der Waals surface area contributed by atoms with Gasteiger partial charge < -0.3 is 14.8 Å². The molecule has 3 aromatic carbocycles. The normalized spacial score (nSPS) is 13.8. The van der Waals surface area contributed by atoms with Crippen LogP contribution in [0, 0.1) is 11.3 Å². The predicted octanol–water partition coefficient (Wildman–Crippen LogP) is 4.69. The minimum Gasteiger partial charge on any atom is -0.497 e. The number of anilines is 2. The molecule has 0 saturated heterocycles. The average molecular weight is 499 g/mol. The molecule has 0 spiro atoms. The largest absolute Gasteiger partial charge is 0.497 e. The number of carbonyl (C=O) groups is 2. The zero-order valence-corrected chi connectivity index (χ0v) is 20.4. The number of nitriles is 1. The zero-order chi connectivity index (χ0) is 25.5. The lowest BCUT2D eigenvalue weighted by Crippen LogP contribution is -2.31. The number of benzene rings is 3. The molecule has 0 atom stereocenters. The Morgan fingerprint density at radius 2 is 1.81 bits per heavy atom. The molecule has 0 aromatic heterocycles. The van der Waals surface area contributed by atoms with E-state index >= 15 is 0 Å². The number of carbonyl (C=O) groups excluding carboxylic acids is 2. The van der Waals surface area contributed by atoms with Crippen molar-refractivity contribution in [3.8, 4) is 17.6 Å². The lowest BCUT2D eigenvalue weighted by Gasteiger charge is -2.18. The highest BCUT2D eigenvalue weighted by Crippen LogP contribution is 2.31. The second-order valence-corrected chi connectivity index (χ2v) is 8.51. The van der Waals surface area contributed by atoms with E-state index < -0.39 is 0 Å². The van der Waals surface area contributed by atoms with Crippen molar-refractivity contribution in [1.82, 2.24) is 0 Å². The highest BCUT2D eigenvalue weighted by Gasteiger charge is 2.32. The Bertz CT molecular complexity index is 1390. The van der Waals surface area contributed by atoms with Gasteiger partial charge in [-0.3, -0.25) is 14.5 Å². The Morgan fingerprint density at radius 1 is 1.06 bits per heavy atom. The van der Waals surface area contributed by atoms with Gasteiger partial charge in [-0.2, -0.15) is 5.26 Å². The average Bonchev–Trinajstić information content (AvgIpc) is 3.22. The summed E-state index contributed by atoms with van der Waals surface area (Å²) in [4.78, 5) is 32.0. The Balaban J connectivity index is 1.58. The van der Waals surface area contributed by atoms with Gasteiger partial charge in [-0.05, 0) is 54.1 Å². The number of nitrogens with one attached hydrogen (secondary N) is 1. The second-order valence-electron chi connectivity index (χ2n) is 7.57. The van der Waals surface area contributed by atoms with E-state index in [4.69, 9.17) is 14.7 Å². The van der Waals surface area contributed by atoms with E-state index in [9.17, 15) is 9.59 Å². The first kappa shape index (κ1) is 24.6. The number of aliphatic imine (C=N–C) groups is 1. The predicted molar refractivity (Wildman–Crippen MR) is 141 cm³/mol. The summed E-state index contributed by atoms with van der Waals surface area (Å²) in [5.41, 5.74) is 2.57. The lowest BCUT2D eigenvalue weighted by molar-refractivity contribution is -0.114. The molecule has 1 heterocycles. The SMILES string of the molecule is COc1ccc(/C=C2\N=C(SCC(=O)Nc3cccc(C#N)c3)N(c3cccc(OC)c3)C2=O)cc1. The maximum absolute atomic E-state index is 13.4. The van der Waals surface area contributed by atoms with Gasteiger partial charge in [0.05, 0.1) is 37.3 Å². The maximum atomic E-state index is 13.4. The third-order valence-corrected chi connectivity index (χ3v) is 6.11. The molecule has 8 nitrogen and oxygen atoms in total. The highest BCUT2D eigenvalue weighted by atomic mass is 32.2. The molecule has 0 saturated carbocycles. The molecule has 0 radical (unpaired) electrons. The van der Waals surface area contributed by atoms with Crippen molar-refractivity contribution in [2.75, 3.05) is 30.2 Å². The van der Waals surface area contributed by atoms with Crippen LogP contribution in [0.25, 0.3) is 6.08 Å². The number of methoxy groups -OCH3 is 2. The fourth-order valence-electron chi connectivity index (χ4n) is 3.42. The molecule has 0 unspecified atom stereocenters. The van der Waals surface area contributed by atoms with E-state index in [1.165, 1.54) is 4.90 Å². The van der Waals surface area contributed by atoms with Crippen LogP contribution in [0.4, 0.5) is 11.4 Å². The molecule has 180 valence electrons. The summed E-state index contributed by atoms with van der Waals surface area (Å²) >= 11 is 1.14. The van der Waals surface area contributed by atoms with Gasteiger partial charge in [-0.15, -0.1) is 0 Å². The van der Waals surface area contributed by atoms with E-state index in [2.05, 4.69) is 10.3 Å². The lowest BCUT2D eigenvalue weighted by atomic mass is 10.2. The standard InChI is InChI=1S/C27H22N4O4S/c1-34-22-11-9-18(10-12-22)14-24-26(33)31(21-7-4-8-23(15-21)35-2)27(30-24)36-17-25(32)29-20-6-3-5-19(13-20)16-28/h3-15H,17H2,1-2H3,(H,29,32)/b24-14-. The first-order valence-corrected chi connectivity index (χ1v) is 11.8. The van der Waals surface area contributed by atoms with Crippen LogP contribution >= 0.6 is 11.8 Å². The van der Waals surface area contributed by atoms with Gasteiger partial charge in [0, 0.05) is 11.8 Å². The Hall–Kier alpha value is -4.55. The van der Waals surface area contributed by atoms with Crippen molar-refractivity contribution < 1.29 is 19.1 Å². The van der Waals surface area contributed by atoms with Crippen LogP contribution in [-0.4, -0.2) is 37.0 Å². The molecule has 9 heteroatoms. The van der Waals surface area contributed by atoms with Crippen molar-refractivity contribution in [3.05, 3.63) is 89.6 Å². The van der Waals surface area contributed by atoms with Crippen molar-refractivity contribution in [3.63, 3.8) is 0 Å². The van der Waals surface area contributed by atoms with E-state index in [1.54, 1.807) is 81.0 Å². The molecule has 0 bridgehead atoms. The number of hydrogen-bond acceptors (Lipinski definition) is 7. The van der Waals surface area contributed by atoms with E-state index in [0.29, 0.717) is 33.6 Å². The van der Waals surface area contributed by atoms with Crippen LogP contribution in [0.5, 0.6) is 11.5 Å². The topological polar surface area (TPSA) is 104 Å². The van der Waals surface area contributed by atoms with Crippen LogP contribution < -0.4 is 19.7 Å². The van der Waals surface area contributed by atoms with Crippen molar-refractivity contribution in [2.45, 2.75) is 0 Å². The third-order valence-electron chi connectivity index (χ3n) is 5.17. The fraction of sp³-hybridized carbons (Fsp3) is 0.111. The van der Waals surface area contributed by atoms with E-state index in [1.807, 2.05) is 18.2 Å². The van der Waals surface area contributed by atoms with Crippen LogP contribution in [-0.2, 0) is 9.59 Å². The van der Waals surface area contributed by atoms with Gasteiger partial charge in [0.1, 0.15) is 17.2 Å². The van der Waals surface area contributed by atoms with Crippen molar-refractivity contribution in [1.29, 1.82) is 5.26 Å². The molecule has 4 rings (SSSR count). The van der Waals surface area contributed by atoms with Crippen LogP contribution in [0.15, 0.2) is 83.5 Å². The zero-order valence-electron chi connectivity index (χ0n) is 19.6. The summed E-state index contributed by atoms with van der Waals surface area (Å²) in [7, 11) is 3.14. The Kier molecular flexibility index (Phi) is 7.68. The summed E-state index contributed by atoms with van der Waals surface area (Å²) in [5, 5.41) is 12.2. The molecule has 1 N–H and O–H groups in total. The Morgan fingerprint density at radius 3 is 2.53 bits per heavy atom. The molecular weight excluding hydrogens is 476 g/mol. The molecule has 0 aliphatic carbocycles. The summed E-state index contributed by atoms with van der Waals surface area (Å²) in [6, 6.07) is 23.0. The van der Waals surface area contributed by atoms with E-state index in [0.717, 1.165) is 17.3 Å². The maximum Gasteiger partial charge on any atom is 0.283 e. The molecule has 2 amide bonds. The minimum atomic E-state index is -0.316. The smallest absolute Gasteiger partial charge is 0.283 e. The third kappa shape index (κ3) is 5.74. The quantitative estimate of drug-likeness (QED) is 0.474. The molecule has 1 aliphatic rings. The summed E-state index contributed by atoms with van der Waals surface area (Å²) in [5.74, 6) is 0.706. The number of amides is 2. The minimum absolute atomic E-state index is 0.0131. The summed E-state index contributed by atoms with van der Waals surface area (Å²) < 4.78 is 10.5. The van der Waals surface area contributed by atoms with Gasteiger partial charge >= 0.3 is 0 Å². The summed E-state index contributed by atoms with van der Waals surface area (Å²) in [6.45, 7) is 0. The molecule has 0 fully saturated rings. The number of nitrogens with zero attached hydrogens (tertiary/aromatic N) is 3. The van der Waals surface area contributed by atoms with Gasteiger partial charge in [0.25, 0.3) is 5.91 Å². The van der Waals surface area contributed by atoms with Crippen LogP contribution in [0.2, 0.25) is 0 Å². The van der Waals surface area contributed by atoms with Gasteiger partial charge in [0.15, 0.2) is 5.17 Å². The van der Waals surface area contributed by atoms with E-state index in [-0.39, 0.29) is 23.3 Å². The molecule has 1 aliphatic heterocycles. The highest BCUT2D eigenvalue weighted by molar-refractivity contribution is 8.14. The second kappa shape index (κ2) is 11.3. The van der Waals surface area contributed by atoms with Gasteiger partial charge in [0.2, 0.25) is 5.91 Å². The first-order chi connectivity index (χ1) is 17.5. The molecule has 3 aromatic rings. The first-order valence-electron chi connectivity index (χ1n) is 10.9. The fourth-order valence-corrected chi connectivity index (χ4v) is 4.23. The van der Waals surface area contributed by atoms with Crippen molar-refractivity contribution in [2.24, 2.45) is 4.99 Å². The van der Waals surface area contributed by atoms with Gasteiger partial charge in [-0.1, -0.05) is 36.0 Å².